The Labute approximate surface area is 127 Å². The fraction of sp³-hybridized carbons (Fsp3) is 0.143. The van der Waals surface area contributed by atoms with Crippen LogP contribution in [0.25, 0.3) is 0 Å². The van der Waals surface area contributed by atoms with Gasteiger partial charge in [-0.3, -0.25) is 0 Å². The maximum Gasteiger partial charge on any atom is 0.241 e. The Hall–Kier alpha value is -1.37. The molecule has 0 spiro atoms. The van der Waals surface area contributed by atoms with Crippen molar-refractivity contribution in [3.05, 3.63) is 58.6 Å². The van der Waals surface area contributed by atoms with Crippen molar-refractivity contribution in [2.45, 2.75) is 11.4 Å². The summed E-state index contributed by atoms with van der Waals surface area (Å²) in [7, 11) is -1.97. The summed E-state index contributed by atoms with van der Waals surface area (Å²) in [6.07, 6.45) is 0. The highest BCUT2D eigenvalue weighted by Crippen LogP contribution is 2.21. The van der Waals surface area contributed by atoms with E-state index < -0.39 is 10.0 Å². The molecule has 6 heteroatoms. The van der Waals surface area contributed by atoms with Crippen molar-refractivity contribution in [3.8, 4) is 5.75 Å². The number of sulfonamides is 1. The van der Waals surface area contributed by atoms with E-state index in [2.05, 4.69) is 20.7 Å². The lowest BCUT2D eigenvalue weighted by atomic mass is 10.2. The van der Waals surface area contributed by atoms with Crippen LogP contribution in [0.3, 0.4) is 0 Å². The van der Waals surface area contributed by atoms with Crippen LogP contribution in [0.1, 0.15) is 5.56 Å². The Morgan fingerprint density at radius 1 is 1.15 bits per heavy atom. The van der Waals surface area contributed by atoms with Gasteiger partial charge in [0.15, 0.2) is 0 Å². The van der Waals surface area contributed by atoms with Gasteiger partial charge in [-0.1, -0.05) is 24.3 Å². The molecule has 0 fully saturated rings. The third kappa shape index (κ3) is 3.59. The third-order valence-corrected chi connectivity index (χ3v) is 5.14. The van der Waals surface area contributed by atoms with E-state index in [0.717, 1.165) is 5.56 Å². The smallest absolute Gasteiger partial charge is 0.241 e. The van der Waals surface area contributed by atoms with Crippen LogP contribution in [0.4, 0.5) is 0 Å². The topological polar surface area (TPSA) is 55.4 Å². The molecule has 0 aliphatic carbocycles. The van der Waals surface area contributed by atoms with E-state index in [1.54, 1.807) is 37.4 Å². The van der Waals surface area contributed by atoms with Gasteiger partial charge in [-0.25, -0.2) is 13.1 Å². The summed E-state index contributed by atoms with van der Waals surface area (Å²) in [4.78, 5) is 0.225. The van der Waals surface area contributed by atoms with E-state index in [9.17, 15) is 8.42 Å². The third-order valence-electron chi connectivity index (χ3n) is 2.73. The van der Waals surface area contributed by atoms with Gasteiger partial charge in [0.25, 0.3) is 0 Å². The van der Waals surface area contributed by atoms with Crippen LogP contribution in [0.15, 0.2) is 57.9 Å². The van der Waals surface area contributed by atoms with Gasteiger partial charge in [0.2, 0.25) is 10.0 Å². The van der Waals surface area contributed by atoms with E-state index in [-0.39, 0.29) is 11.4 Å². The molecular formula is C14H14BrNO3S. The van der Waals surface area contributed by atoms with Gasteiger partial charge in [0.05, 0.1) is 12.0 Å². The van der Waals surface area contributed by atoms with Crippen LogP contribution >= 0.6 is 15.9 Å². The number of halogens is 1. The molecule has 2 aromatic carbocycles. The molecule has 0 heterocycles. The Morgan fingerprint density at radius 2 is 1.90 bits per heavy atom. The zero-order valence-electron chi connectivity index (χ0n) is 10.8. The van der Waals surface area contributed by atoms with Gasteiger partial charge in [-0.15, -0.1) is 0 Å². The lowest BCUT2D eigenvalue weighted by Crippen LogP contribution is -2.23. The van der Waals surface area contributed by atoms with Gasteiger partial charge < -0.3 is 4.74 Å². The molecule has 106 valence electrons. The minimum atomic E-state index is -3.55. The number of hydrogen-bond donors (Lipinski definition) is 1. The number of rotatable bonds is 5. The zero-order chi connectivity index (χ0) is 14.6. The lowest BCUT2D eigenvalue weighted by Gasteiger charge is -2.09. The number of benzene rings is 2. The summed E-state index contributed by atoms with van der Waals surface area (Å²) in [5.74, 6) is 0.697. The van der Waals surface area contributed by atoms with Crippen molar-refractivity contribution < 1.29 is 13.2 Å². The van der Waals surface area contributed by atoms with Crippen molar-refractivity contribution in [3.63, 3.8) is 0 Å². The number of methoxy groups -OCH3 is 1. The molecule has 0 atom stereocenters. The van der Waals surface area contributed by atoms with Crippen molar-refractivity contribution in [2.24, 2.45) is 0 Å². The molecule has 0 amide bonds. The predicted octanol–water partition coefficient (Wildman–Crippen LogP) is 2.94. The maximum absolute atomic E-state index is 12.2. The molecular weight excluding hydrogens is 342 g/mol. The van der Waals surface area contributed by atoms with E-state index >= 15 is 0 Å². The van der Waals surface area contributed by atoms with E-state index in [4.69, 9.17) is 4.74 Å². The second-order valence-corrected chi connectivity index (χ2v) is 6.70. The Bertz CT molecular complexity index is 701. The largest absolute Gasteiger partial charge is 0.497 e. The second kappa shape index (κ2) is 6.39. The molecule has 0 saturated carbocycles. The van der Waals surface area contributed by atoms with Crippen LogP contribution in [0.2, 0.25) is 0 Å². The summed E-state index contributed by atoms with van der Waals surface area (Å²) in [5, 5.41) is 0. The minimum Gasteiger partial charge on any atom is -0.497 e. The van der Waals surface area contributed by atoms with Gasteiger partial charge >= 0.3 is 0 Å². The zero-order valence-corrected chi connectivity index (χ0v) is 13.2. The first-order chi connectivity index (χ1) is 9.53. The average molecular weight is 356 g/mol. The average Bonchev–Trinajstić information content (AvgIpc) is 2.46. The van der Waals surface area contributed by atoms with Gasteiger partial charge in [0, 0.05) is 11.0 Å². The first kappa shape index (κ1) is 15.0. The van der Waals surface area contributed by atoms with Crippen LogP contribution in [0, 0.1) is 0 Å². The van der Waals surface area contributed by atoms with Crippen molar-refractivity contribution in [1.82, 2.24) is 4.72 Å². The Morgan fingerprint density at radius 3 is 2.60 bits per heavy atom. The number of hydrogen-bond acceptors (Lipinski definition) is 3. The summed E-state index contributed by atoms with van der Waals surface area (Å²) in [6.45, 7) is 0.209. The molecule has 1 N–H and O–H groups in total. The van der Waals surface area contributed by atoms with E-state index in [1.807, 2.05) is 18.2 Å². The number of ether oxygens (including phenoxy) is 1. The summed E-state index contributed by atoms with van der Waals surface area (Å²) in [6, 6.07) is 14.0. The lowest BCUT2D eigenvalue weighted by molar-refractivity contribution is 0.414. The Balaban J connectivity index is 2.15. The first-order valence-corrected chi connectivity index (χ1v) is 8.17. The van der Waals surface area contributed by atoms with Crippen LogP contribution in [0.5, 0.6) is 5.75 Å². The molecule has 0 bridgehead atoms. The van der Waals surface area contributed by atoms with Crippen molar-refractivity contribution >= 4 is 26.0 Å². The quantitative estimate of drug-likeness (QED) is 0.896. The summed E-state index contributed by atoms with van der Waals surface area (Å²) < 4.78 is 32.6. The van der Waals surface area contributed by atoms with Crippen molar-refractivity contribution in [1.29, 1.82) is 0 Å². The minimum absolute atomic E-state index is 0.209. The maximum atomic E-state index is 12.2. The summed E-state index contributed by atoms with van der Waals surface area (Å²) >= 11 is 3.24. The Kier molecular flexibility index (Phi) is 4.80. The fourth-order valence-electron chi connectivity index (χ4n) is 1.70. The van der Waals surface area contributed by atoms with Gasteiger partial charge in [-0.2, -0.15) is 0 Å². The first-order valence-electron chi connectivity index (χ1n) is 5.90. The molecule has 0 unspecified atom stereocenters. The van der Waals surface area contributed by atoms with Gasteiger partial charge in [0.1, 0.15) is 5.75 Å². The van der Waals surface area contributed by atoms with E-state index in [0.29, 0.717) is 10.2 Å². The molecule has 0 radical (unpaired) electrons. The molecule has 0 saturated heterocycles. The molecule has 20 heavy (non-hydrogen) atoms. The summed E-state index contributed by atoms with van der Waals surface area (Å²) in [5.41, 5.74) is 0.833. The molecule has 0 aliphatic heterocycles. The predicted molar refractivity (Wildman–Crippen MR) is 81.2 cm³/mol. The molecule has 2 aromatic rings. The molecule has 2 rings (SSSR count). The van der Waals surface area contributed by atoms with Crippen LogP contribution in [-0.2, 0) is 16.6 Å². The number of nitrogens with one attached hydrogen (secondary N) is 1. The second-order valence-electron chi connectivity index (χ2n) is 4.11. The van der Waals surface area contributed by atoms with E-state index in [1.165, 1.54) is 0 Å². The SMILES string of the molecule is COc1cccc(CNS(=O)(=O)c2ccccc2Br)c1. The highest BCUT2D eigenvalue weighted by Gasteiger charge is 2.16. The standard InChI is InChI=1S/C14H14BrNO3S/c1-19-12-6-4-5-11(9-12)10-16-20(17,18)14-8-3-2-7-13(14)15/h2-9,16H,10H2,1H3. The normalized spacial score (nSPS) is 11.3. The molecule has 0 aromatic heterocycles. The molecule has 0 aliphatic rings. The highest BCUT2D eigenvalue weighted by atomic mass is 79.9. The highest BCUT2D eigenvalue weighted by molar-refractivity contribution is 9.10. The van der Waals surface area contributed by atoms with Crippen molar-refractivity contribution in [2.75, 3.05) is 7.11 Å². The molecule has 4 nitrogen and oxygen atoms in total. The van der Waals surface area contributed by atoms with Crippen LogP contribution in [-0.4, -0.2) is 15.5 Å². The monoisotopic (exact) mass is 355 g/mol. The van der Waals surface area contributed by atoms with Gasteiger partial charge in [-0.05, 0) is 45.8 Å². The fourth-order valence-corrected chi connectivity index (χ4v) is 3.72. The van der Waals surface area contributed by atoms with Crippen LogP contribution < -0.4 is 9.46 Å².